The number of morpholine rings is 1. The Labute approximate surface area is 231 Å². The van der Waals surface area contributed by atoms with Crippen molar-refractivity contribution < 1.29 is 17.6 Å². The van der Waals surface area contributed by atoms with Gasteiger partial charge in [-0.3, -0.25) is 4.90 Å². The quantitative estimate of drug-likeness (QED) is 0.331. The molecule has 10 nitrogen and oxygen atoms in total. The molecule has 0 spiro atoms. The number of rotatable bonds is 6. The minimum atomic E-state index is -3.95. The van der Waals surface area contributed by atoms with E-state index in [1.54, 1.807) is 30.5 Å². The summed E-state index contributed by atoms with van der Waals surface area (Å²) < 4.78 is 40.2. The number of allylic oxidation sites excluding steroid dienone is 1. The Balaban J connectivity index is 1.38. The van der Waals surface area contributed by atoms with Crippen LogP contribution in [0.1, 0.15) is 34.7 Å². The molecule has 1 N–H and O–H groups in total. The molecule has 1 aliphatic heterocycles. The molecule has 0 amide bonds. The summed E-state index contributed by atoms with van der Waals surface area (Å²) in [6.45, 7) is 5.40. The highest BCUT2D eigenvalue weighted by Gasteiger charge is 2.26. The third-order valence-electron chi connectivity index (χ3n) is 7.54. The fourth-order valence-electron chi connectivity index (χ4n) is 5.42. The van der Waals surface area contributed by atoms with Crippen LogP contribution in [0.4, 0.5) is 0 Å². The average molecular weight is 557 g/mol. The van der Waals surface area contributed by atoms with Crippen LogP contribution in [0.3, 0.4) is 0 Å². The number of ether oxygens (including phenoxy) is 1. The Morgan fingerprint density at radius 2 is 1.85 bits per heavy atom. The number of nitrogens with one attached hydrogen (secondary N) is 1. The van der Waals surface area contributed by atoms with Gasteiger partial charge < -0.3 is 14.1 Å². The molecule has 0 bridgehead atoms. The van der Waals surface area contributed by atoms with Crippen molar-refractivity contribution in [2.45, 2.75) is 31.2 Å². The lowest BCUT2D eigenvalue weighted by atomic mass is 9.90. The zero-order valence-corrected chi connectivity index (χ0v) is 22.8. The number of nitrogens with zero attached hydrogens (tertiary/aromatic N) is 5. The van der Waals surface area contributed by atoms with E-state index in [1.165, 1.54) is 0 Å². The number of hydrogen-bond donors (Lipinski definition) is 1. The summed E-state index contributed by atoms with van der Waals surface area (Å²) >= 11 is 0. The lowest BCUT2D eigenvalue weighted by Crippen LogP contribution is -2.35. The summed E-state index contributed by atoms with van der Waals surface area (Å²) in [7, 11) is -3.95. The first-order chi connectivity index (χ1) is 19.5. The third-order valence-corrected chi connectivity index (χ3v) is 9.15. The van der Waals surface area contributed by atoms with Crippen LogP contribution in [0.5, 0.6) is 0 Å². The molecule has 0 unspecified atom stereocenters. The van der Waals surface area contributed by atoms with Gasteiger partial charge in [-0.25, -0.2) is 0 Å². The molecule has 1 aliphatic carbocycles. The number of aromatic nitrogens is 5. The normalized spacial score (nSPS) is 16.3. The Morgan fingerprint density at radius 1 is 1.02 bits per heavy atom. The molecule has 1 saturated heterocycles. The van der Waals surface area contributed by atoms with Crippen molar-refractivity contribution in [2.75, 3.05) is 26.3 Å². The summed E-state index contributed by atoms with van der Waals surface area (Å²) in [6, 6.07) is 12.7. The zero-order chi connectivity index (χ0) is 27.3. The van der Waals surface area contributed by atoms with Gasteiger partial charge >= 0.3 is 0 Å². The van der Waals surface area contributed by atoms with E-state index in [2.05, 4.69) is 37.3 Å². The van der Waals surface area contributed by atoms with Crippen LogP contribution in [0.2, 0.25) is 0 Å². The highest BCUT2D eigenvalue weighted by atomic mass is 32.2. The van der Waals surface area contributed by atoms with Gasteiger partial charge in [0.15, 0.2) is 0 Å². The highest BCUT2D eigenvalue weighted by Crippen LogP contribution is 2.37. The van der Waals surface area contributed by atoms with E-state index < -0.39 is 10.0 Å². The first-order valence-corrected chi connectivity index (χ1v) is 14.8. The van der Waals surface area contributed by atoms with Crippen LogP contribution >= 0.6 is 0 Å². The molecule has 11 heteroatoms. The van der Waals surface area contributed by atoms with Crippen molar-refractivity contribution in [1.82, 2.24) is 29.3 Å². The van der Waals surface area contributed by atoms with E-state index in [-0.39, 0.29) is 4.90 Å². The molecule has 1 fully saturated rings. The lowest BCUT2D eigenvalue weighted by Gasteiger charge is -2.24. The second-order valence-electron chi connectivity index (χ2n) is 10.2. The molecule has 2 aromatic carbocycles. The molecule has 3 aromatic heterocycles. The SMILES string of the molecule is Cc1ccc(S(=O)(=O)n2ncc3c(-c4nnc(CN5CCOCC5)o4)cc(C4=CCCc5[nH]ccc54)cc32)cc1. The first-order valence-electron chi connectivity index (χ1n) is 13.3. The maximum absolute atomic E-state index is 13.8. The van der Waals surface area contributed by atoms with Crippen LogP contribution in [0.15, 0.2) is 70.2 Å². The van der Waals surface area contributed by atoms with Crippen molar-refractivity contribution in [3.63, 3.8) is 0 Å². The number of aryl methyl sites for hydroxylation is 2. The van der Waals surface area contributed by atoms with E-state index >= 15 is 0 Å². The average Bonchev–Trinajstić information content (AvgIpc) is 3.73. The molecule has 40 heavy (non-hydrogen) atoms. The lowest BCUT2D eigenvalue weighted by molar-refractivity contribution is 0.0306. The smallest absolute Gasteiger partial charge is 0.283 e. The predicted octanol–water partition coefficient (Wildman–Crippen LogP) is 4.17. The molecule has 0 saturated carbocycles. The molecule has 7 rings (SSSR count). The number of hydrogen-bond acceptors (Lipinski definition) is 8. The fraction of sp³-hybridized carbons (Fsp3) is 0.276. The van der Waals surface area contributed by atoms with E-state index in [0.29, 0.717) is 48.0 Å². The van der Waals surface area contributed by atoms with Gasteiger partial charge in [-0.15, -0.1) is 10.2 Å². The third kappa shape index (κ3) is 4.36. The Hall–Kier alpha value is -4.06. The summed E-state index contributed by atoms with van der Waals surface area (Å²) in [5.74, 6) is 0.827. The second kappa shape index (κ2) is 9.84. The topological polar surface area (TPSA) is 119 Å². The molecule has 204 valence electrons. The minimum absolute atomic E-state index is 0.172. The summed E-state index contributed by atoms with van der Waals surface area (Å²) in [5.41, 5.74) is 6.21. The van der Waals surface area contributed by atoms with Crippen molar-refractivity contribution in [1.29, 1.82) is 0 Å². The summed E-state index contributed by atoms with van der Waals surface area (Å²) in [5, 5.41) is 13.7. The maximum Gasteiger partial charge on any atom is 0.283 e. The van der Waals surface area contributed by atoms with Gasteiger partial charge in [0.25, 0.3) is 10.0 Å². The molecule has 0 atom stereocenters. The molecule has 2 aliphatic rings. The van der Waals surface area contributed by atoms with Crippen molar-refractivity contribution in [3.8, 4) is 11.5 Å². The number of fused-ring (bicyclic) bond motifs is 2. The highest BCUT2D eigenvalue weighted by molar-refractivity contribution is 7.90. The standard InChI is InChI=1S/C29H28N6O4S/c1-19-5-7-21(8-6-19)40(36,37)35-27-16-20(22-3-2-4-26-23(22)9-10-30-26)15-24(25(27)17-31-35)29-33-32-28(39-29)18-34-11-13-38-14-12-34/h3,5-10,15-17,30H,2,4,11-14,18H2,1H3. The summed E-state index contributed by atoms with van der Waals surface area (Å²) in [6.07, 6.45) is 7.49. The monoisotopic (exact) mass is 556 g/mol. The molecule has 0 radical (unpaired) electrons. The molecular weight excluding hydrogens is 528 g/mol. The van der Waals surface area contributed by atoms with Crippen LogP contribution in [-0.2, 0) is 27.7 Å². The summed E-state index contributed by atoms with van der Waals surface area (Å²) in [4.78, 5) is 5.71. The van der Waals surface area contributed by atoms with Crippen molar-refractivity contribution in [3.05, 3.63) is 89.2 Å². The molecule has 4 heterocycles. The second-order valence-corrected chi connectivity index (χ2v) is 11.9. The van der Waals surface area contributed by atoms with E-state index in [0.717, 1.165) is 58.0 Å². The van der Waals surface area contributed by atoms with Gasteiger partial charge in [0.05, 0.1) is 41.9 Å². The van der Waals surface area contributed by atoms with Crippen LogP contribution in [0, 0.1) is 6.92 Å². The van der Waals surface area contributed by atoms with Gasteiger partial charge in [0, 0.05) is 35.9 Å². The van der Waals surface area contributed by atoms with Crippen LogP contribution < -0.4 is 0 Å². The number of H-pyrrole nitrogens is 1. The molecular formula is C29H28N6O4S. The zero-order valence-electron chi connectivity index (χ0n) is 22.0. The Morgan fingerprint density at radius 3 is 2.67 bits per heavy atom. The van der Waals surface area contributed by atoms with Gasteiger partial charge in [-0.2, -0.15) is 17.6 Å². The van der Waals surface area contributed by atoms with Gasteiger partial charge in [0.1, 0.15) is 0 Å². The molecule has 5 aromatic rings. The van der Waals surface area contributed by atoms with Crippen LogP contribution in [-0.4, -0.2) is 64.0 Å². The maximum atomic E-state index is 13.8. The van der Waals surface area contributed by atoms with E-state index in [9.17, 15) is 8.42 Å². The van der Waals surface area contributed by atoms with Gasteiger partial charge in [0.2, 0.25) is 11.8 Å². The van der Waals surface area contributed by atoms with E-state index in [4.69, 9.17) is 9.15 Å². The van der Waals surface area contributed by atoms with Gasteiger partial charge in [-0.1, -0.05) is 23.8 Å². The van der Waals surface area contributed by atoms with Crippen LogP contribution in [0.25, 0.3) is 27.9 Å². The Kier molecular flexibility index (Phi) is 6.14. The largest absolute Gasteiger partial charge is 0.419 e. The number of benzene rings is 2. The van der Waals surface area contributed by atoms with Crippen molar-refractivity contribution in [2.24, 2.45) is 0 Å². The Bertz CT molecular complexity index is 1840. The van der Waals surface area contributed by atoms with Crippen molar-refractivity contribution >= 4 is 26.5 Å². The predicted molar refractivity (Wildman–Crippen MR) is 149 cm³/mol. The van der Waals surface area contributed by atoms with E-state index in [1.807, 2.05) is 25.3 Å². The minimum Gasteiger partial charge on any atom is -0.419 e. The van der Waals surface area contributed by atoms with Gasteiger partial charge in [-0.05, 0) is 61.2 Å². The number of aromatic amines is 1. The first kappa shape index (κ1) is 24.9. The fourth-order valence-corrected chi connectivity index (χ4v) is 6.68.